The maximum atomic E-state index is 12.4. The van der Waals surface area contributed by atoms with E-state index < -0.39 is 0 Å². The largest absolute Gasteiger partial charge is 0.497 e. The van der Waals surface area contributed by atoms with Gasteiger partial charge in [-0.2, -0.15) is 0 Å². The lowest BCUT2D eigenvalue weighted by Crippen LogP contribution is -1.99. The van der Waals surface area contributed by atoms with Crippen molar-refractivity contribution < 1.29 is 13.9 Å². The standard InChI is InChI=1S/C16H11ClO3/c1-19-12-6-2-4-10(8-12)15(18)14-9-11-5-3-7-13(17)16(11)20-14/h2-9H,1H3. The molecule has 0 spiro atoms. The number of ether oxygens (including phenoxy) is 1. The lowest BCUT2D eigenvalue weighted by molar-refractivity contribution is 0.101. The van der Waals surface area contributed by atoms with E-state index >= 15 is 0 Å². The number of para-hydroxylation sites is 1. The molecule has 0 fully saturated rings. The Morgan fingerprint density at radius 3 is 2.70 bits per heavy atom. The van der Waals surface area contributed by atoms with Crippen LogP contribution in [0, 0.1) is 0 Å². The van der Waals surface area contributed by atoms with Crippen molar-refractivity contribution in [2.75, 3.05) is 7.11 Å². The highest BCUT2D eigenvalue weighted by atomic mass is 35.5. The Hall–Kier alpha value is -2.26. The van der Waals surface area contributed by atoms with E-state index in [0.29, 0.717) is 21.9 Å². The minimum Gasteiger partial charge on any atom is -0.497 e. The fraction of sp³-hybridized carbons (Fsp3) is 0.0625. The van der Waals surface area contributed by atoms with Crippen molar-refractivity contribution in [3.8, 4) is 5.75 Å². The molecule has 0 aliphatic heterocycles. The molecular formula is C16H11ClO3. The average Bonchev–Trinajstić information content (AvgIpc) is 2.92. The zero-order valence-electron chi connectivity index (χ0n) is 10.7. The predicted octanol–water partition coefficient (Wildman–Crippen LogP) is 4.33. The topological polar surface area (TPSA) is 39.4 Å². The van der Waals surface area contributed by atoms with E-state index in [1.807, 2.05) is 12.1 Å². The van der Waals surface area contributed by atoms with Crippen molar-refractivity contribution >= 4 is 28.4 Å². The summed E-state index contributed by atoms with van der Waals surface area (Å²) in [6.07, 6.45) is 0. The highest BCUT2D eigenvalue weighted by Gasteiger charge is 2.16. The number of fused-ring (bicyclic) bond motifs is 1. The van der Waals surface area contributed by atoms with Crippen LogP contribution in [0.15, 0.2) is 52.9 Å². The number of ketones is 1. The molecule has 3 aromatic rings. The van der Waals surface area contributed by atoms with Crippen LogP contribution < -0.4 is 4.74 Å². The van der Waals surface area contributed by atoms with Crippen molar-refractivity contribution in [3.05, 3.63) is 64.9 Å². The molecule has 100 valence electrons. The first-order valence-corrected chi connectivity index (χ1v) is 6.43. The third kappa shape index (κ3) is 2.17. The molecule has 2 aromatic carbocycles. The quantitative estimate of drug-likeness (QED) is 0.673. The van der Waals surface area contributed by atoms with Gasteiger partial charge in [0, 0.05) is 10.9 Å². The minimum absolute atomic E-state index is 0.198. The summed E-state index contributed by atoms with van der Waals surface area (Å²) in [5.74, 6) is 0.697. The van der Waals surface area contributed by atoms with Crippen LogP contribution in [-0.4, -0.2) is 12.9 Å². The molecule has 20 heavy (non-hydrogen) atoms. The van der Waals surface area contributed by atoms with Crippen molar-refractivity contribution in [2.24, 2.45) is 0 Å². The molecule has 0 N–H and O–H groups in total. The van der Waals surface area contributed by atoms with E-state index in [2.05, 4.69) is 0 Å². The molecule has 1 heterocycles. The Morgan fingerprint density at radius 1 is 1.15 bits per heavy atom. The molecule has 0 amide bonds. The first-order chi connectivity index (χ1) is 9.69. The van der Waals surface area contributed by atoms with Gasteiger partial charge in [-0.3, -0.25) is 4.79 Å². The van der Waals surface area contributed by atoms with Crippen LogP contribution >= 0.6 is 11.6 Å². The predicted molar refractivity (Wildman–Crippen MR) is 77.7 cm³/mol. The molecule has 0 unspecified atom stereocenters. The third-order valence-electron chi connectivity index (χ3n) is 3.05. The normalized spacial score (nSPS) is 10.7. The van der Waals surface area contributed by atoms with Crippen LogP contribution in [0.4, 0.5) is 0 Å². The zero-order chi connectivity index (χ0) is 14.1. The number of furan rings is 1. The minimum atomic E-state index is -0.198. The summed E-state index contributed by atoms with van der Waals surface area (Å²) in [5, 5.41) is 1.30. The van der Waals surface area contributed by atoms with Crippen molar-refractivity contribution in [3.63, 3.8) is 0 Å². The Balaban J connectivity index is 2.05. The number of carbonyl (C=O) groups is 1. The van der Waals surface area contributed by atoms with Crippen LogP contribution in [0.5, 0.6) is 5.75 Å². The molecule has 0 radical (unpaired) electrons. The Kier molecular flexibility index (Phi) is 3.20. The number of benzene rings is 2. The van der Waals surface area contributed by atoms with Crippen molar-refractivity contribution in [1.29, 1.82) is 0 Å². The van der Waals surface area contributed by atoms with Gasteiger partial charge in [-0.25, -0.2) is 0 Å². The Bertz CT molecular complexity index is 789. The van der Waals surface area contributed by atoms with E-state index in [4.69, 9.17) is 20.8 Å². The monoisotopic (exact) mass is 286 g/mol. The molecule has 3 rings (SSSR count). The summed E-state index contributed by atoms with van der Waals surface area (Å²) >= 11 is 6.04. The second-order valence-corrected chi connectivity index (χ2v) is 4.74. The number of rotatable bonds is 3. The Morgan fingerprint density at radius 2 is 1.95 bits per heavy atom. The number of carbonyl (C=O) groups excluding carboxylic acids is 1. The van der Waals surface area contributed by atoms with Crippen LogP contribution in [0.1, 0.15) is 16.1 Å². The van der Waals surface area contributed by atoms with E-state index in [1.165, 1.54) is 0 Å². The lowest BCUT2D eigenvalue weighted by atomic mass is 10.1. The van der Waals surface area contributed by atoms with Gasteiger partial charge in [-0.1, -0.05) is 35.9 Å². The second-order valence-electron chi connectivity index (χ2n) is 4.33. The summed E-state index contributed by atoms with van der Waals surface area (Å²) in [6.45, 7) is 0. The highest BCUT2D eigenvalue weighted by Crippen LogP contribution is 2.28. The number of halogens is 1. The van der Waals surface area contributed by atoms with Gasteiger partial charge in [-0.15, -0.1) is 0 Å². The fourth-order valence-electron chi connectivity index (χ4n) is 2.05. The van der Waals surface area contributed by atoms with Crippen LogP contribution in [-0.2, 0) is 0 Å². The lowest BCUT2D eigenvalue weighted by Gasteiger charge is -2.01. The smallest absolute Gasteiger partial charge is 0.228 e. The number of methoxy groups -OCH3 is 1. The van der Waals surface area contributed by atoms with Gasteiger partial charge in [0.15, 0.2) is 11.3 Å². The van der Waals surface area contributed by atoms with Gasteiger partial charge in [0.2, 0.25) is 5.78 Å². The summed E-state index contributed by atoms with van der Waals surface area (Å²) in [6, 6.07) is 14.0. The number of hydrogen-bond donors (Lipinski definition) is 0. The van der Waals surface area contributed by atoms with Crippen LogP contribution in [0.25, 0.3) is 11.0 Å². The molecule has 0 atom stereocenters. The molecule has 0 saturated heterocycles. The van der Waals surface area contributed by atoms with Gasteiger partial charge >= 0.3 is 0 Å². The average molecular weight is 287 g/mol. The molecule has 0 aliphatic carbocycles. The molecule has 3 nitrogen and oxygen atoms in total. The molecule has 4 heteroatoms. The molecular weight excluding hydrogens is 276 g/mol. The van der Waals surface area contributed by atoms with Gasteiger partial charge in [-0.05, 0) is 24.3 Å². The van der Waals surface area contributed by atoms with Gasteiger partial charge < -0.3 is 9.15 Å². The first-order valence-electron chi connectivity index (χ1n) is 6.06. The van der Waals surface area contributed by atoms with E-state index in [-0.39, 0.29) is 11.5 Å². The molecule has 1 aromatic heterocycles. The summed E-state index contributed by atoms with van der Waals surface area (Å²) < 4.78 is 10.7. The van der Waals surface area contributed by atoms with E-state index in [9.17, 15) is 4.79 Å². The first kappa shape index (κ1) is 12.8. The van der Waals surface area contributed by atoms with Gasteiger partial charge in [0.1, 0.15) is 5.75 Å². The second kappa shape index (κ2) is 5.02. The fourth-order valence-corrected chi connectivity index (χ4v) is 2.27. The van der Waals surface area contributed by atoms with Crippen LogP contribution in [0.3, 0.4) is 0 Å². The van der Waals surface area contributed by atoms with Gasteiger partial charge in [0.05, 0.1) is 12.1 Å². The molecule has 0 saturated carbocycles. The van der Waals surface area contributed by atoms with E-state index in [0.717, 1.165) is 5.39 Å². The number of hydrogen-bond acceptors (Lipinski definition) is 3. The summed E-state index contributed by atoms with van der Waals surface area (Å²) in [7, 11) is 1.56. The molecule has 0 bridgehead atoms. The van der Waals surface area contributed by atoms with Crippen molar-refractivity contribution in [2.45, 2.75) is 0 Å². The van der Waals surface area contributed by atoms with Crippen molar-refractivity contribution in [1.82, 2.24) is 0 Å². The molecule has 0 aliphatic rings. The SMILES string of the molecule is COc1cccc(C(=O)c2cc3cccc(Cl)c3o2)c1. The highest BCUT2D eigenvalue weighted by molar-refractivity contribution is 6.35. The zero-order valence-corrected chi connectivity index (χ0v) is 11.5. The maximum absolute atomic E-state index is 12.4. The summed E-state index contributed by atoms with van der Waals surface area (Å²) in [4.78, 5) is 12.4. The summed E-state index contributed by atoms with van der Waals surface area (Å²) in [5.41, 5.74) is 1.04. The van der Waals surface area contributed by atoms with Crippen LogP contribution in [0.2, 0.25) is 5.02 Å². The van der Waals surface area contributed by atoms with E-state index in [1.54, 1.807) is 43.5 Å². The maximum Gasteiger partial charge on any atom is 0.228 e. The van der Waals surface area contributed by atoms with Gasteiger partial charge in [0.25, 0.3) is 0 Å². The third-order valence-corrected chi connectivity index (χ3v) is 3.35. The Labute approximate surface area is 120 Å².